The van der Waals surface area contributed by atoms with Crippen molar-refractivity contribution in [2.75, 3.05) is 13.1 Å². The zero-order valence-corrected chi connectivity index (χ0v) is 9.71. The molecule has 0 bridgehead atoms. The number of nitrogens with two attached hydrogens (primary N) is 1. The Labute approximate surface area is 83.5 Å². The molecule has 0 saturated carbocycles. The fraction of sp³-hybridized carbons (Fsp3) is 1.00. The first-order valence-electron chi connectivity index (χ1n) is 5.65. The van der Waals surface area contributed by atoms with Gasteiger partial charge in [-0.2, -0.15) is 0 Å². The summed E-state index contributed by atoms with van der Waals surface area (Å²) in [6.07, 6.45) is 3.55. The van der Waals surface area contributed by atoms with E-state index in [1.807, 2.05) is 0 Å². The van der Waals surface area contributed by atoms with Gasteiger partial charge in [0.2, 0.25) is 0 Å². The molecule has 0 amide bonds. The molecule has 0 aliphatic carbocycles. The van der Waals surface area contributed by atoms with Crippen LogP contribution in [0.1, 0.15) is 47.0 Å². The molecule has 0 aromatic rings. The van der Waals surface area contributed by atoms with E-state index in [1.165, 1.54) is 12.8 Å². The van der Waals surface area contributed by atoms with Crippen LogP contribution >= 0.6 is 0 Å². The van der Waals surface area contributed by atoms with Crippen molar-refractivity contribution in [1.29, 1.82) is 0 Å². The van der Waals surface area contributed by atoms with Crippen LogP contribution in [0.5, 0.6) is 0 Å². The summed E-state index contributed by atoms with van der Waals surface area (Å²) in [6, 6.07) is 1.03. The first kappa shape index (κ1) is 12.9. The first-order chi connectivity index (χ1) is 6.15. The van der Waals surface area contributed by atoms with Crippen molar-refractivity contribution >= 4 is 0 Å². The van der Waals surface area contributed by atoms with Gasteiger partial charge in [0, 0.05) is 18.6 Å². The fourth-order valence-corrected chi connectivity index (χ4v) is 1.64. The summed E-state index contributed by atoms with van der Waals surface area (Å²) in [6.45, 7) is 11.1. The molecule has 0 radical (unpaired) electrons. The van der Waals surface area contributed by atoms with Crippen molar-refractivity contribution in [3.05, 3.63) is 0 Å². The molecular formula is C11H26N2. The number of rotatable bonds is 7. The highest BCUT2D eigenvalue weighted by atomic mass is 15.2. The van der Waals surface area contributed by atoms with E-state index in [-0.39, 0.29) is 0 Å². The number of hydrogen-bond acceptors (Lipinski definition) is 2. The normalized spacial score (nSPS) is 16.2. The van der Waals surface area contributed by atoms with Crippen LogP contribution in [-0.2, 0) is 0 Å². The predicted octanol–water partition coefficient (Wildman–Crippen LogP) is 2.23. The van der Waals surface area contributed by atoms with Crippen LogP contribution in [0.25, 0.3) is 0 Å². The van der Waals surface area contributed by atoms with Gasteiger partial charge in [-0.05, 0) is 26.3 Å². The van der Waals surface area contributed by atoms with Crippen molar-refractivity contribution in [2.24, 2.45) is 5.73 Å². The Morgan fingerprint density at radius 1 is 1.23 bits per heavy atom. The third-order valence-corrected chi connectivity index (χ3v) is 2.75. The first-order valence-corrected chi connectivity index (χ1v) is 5.65. The molecule has 0 heterocycles. The minimum atomic E-state index is 0.360. The molecule has 0 aliphatic rings. The van der Waals surface area contributed by atoms with Gasteiger partial charge >= 0.3 is 0 Å². The molecule has 2 atom stereocenters. The summed E-state index contributed by atoms with van der Waals surface area (Å²) in [4.78, 5) is 2.47. The average molecular weight is 186 g/mol. The van der Waals surface area contributed by atoms with Crippen LogP contribution in [0, 0.1) is 0 Å². The van der Waals surface area contributed by atoms with Crippen molar-refractivity contribution in [3.8, 4) is 0 Å². The van der Waals surface area contributed by atoms with Crippen LogP contribution in [0.4, 0.5) is 0 Å². The van der Waals surface area contributed by atoms with E-state index in [0.717, 1.165) is 19.5 Å². The quantitative estimate of drug-likeness (QED) is 0.660. The predicted molar refractivity (Wildman–Crippen MR) is 59.9 cm³/mol. The zero-order chi connectivity index (χ0) is 10.3. The summed E-state index contributed by atoms with van der Waals surface area (Å²) >= 11 is 0. The Balaban J connectivity index is 3.82. The Bertz CT molecular complexity index is 115. The van der Waals surface area contributed by atoms with Gasteiger partial charge in [0.05, 0.1) is 0 Å². The summed E-state index contributed by atoms with van der Waals surface area (Å²) < 4.78 is 0. The van der Waals surface area contributed by atoms with Gasteiger partial charge < -0.3 is 5.73 Å². The summed E-state index contributed by atoms with van der Waals surface area (Å²) in [5.41, 5.74) is 6.01. The van der Waals surface area contributed by atoms with E-state index in [0.29, 0.717) is 12.1 Å². The fourth-order valence-electron chi connectivity index (χ4n) is 1.64. The number of likely N-dealkylation sites (N-methyl/N-ethyl adjacent to an activating group) is 1. The van der Waals surface area contributed by atoms with Gasteiger partial charge in [-0.25, -0.2) is 0 Å². The molecule has 80 valence electrons. The highest BCUT2D eigenvalue weighted by Gasteiger charge is 2.12. The molecule has 0 spiro atoms. The Morgan fingerprint density at radius 3 is 2.23 bits per heavy atom. The standard InChI is InChI=1S/C11H26N2/c1-5-8-11(12)9-13(7-3)10(4)6-2/h10-11H,5-9,12H2,1-4H3. The molecule has 13 heavy (non-hydrogen) atoms. The molecule has 0 rings (SSSR count). The third kappa shape index (κ3) is 5.27. The van der Waals surface area contributed by atoms with Gasteiger partial charge in [-0.15, -0.1) is 0 Å². The van der Waals surface area contributed by atoms with Gasteiger partial charge in [-0.1, -0.05) is 27.2 Å². The number of hydrogen-bond donors (Lipinski definition) is 1. The van der Waals surface area contributed by atoms with E-state index in [9.17, 15) is 0 Å². The summed E-state index contributed by atoms with van der Waals surface area (Å²) in [5.74, 6) is 0. The highest BCUT2D eigenvalue weighted by Crippen LogP contribution is 2.05. The molecule has 2 heteroatoms. The lowest BCUT2D eigenvalue weighted by Crippen LogP contribution is -2.41. The van der Waals surface area contributed by atoms with E-state index < -0.39 is 0 Å². The van der Waals surface area contributed by atoms with Crippen molar-refractivity contribution in [1.82, 2.24) is 4.90 Å². The molecule has 0 saturated heterocycles. The zero-order valence-electron chi connectivity index (χ0n) is 9.71. The van der Waals surface area contributed by atoms with Gasteiger partial charge in [-0.3, -0.25) is 4.90 Å². The van der Waals surface area contributed by atoms with Gasteiger partial charge in [0.1, 0.15) is 0 Å². The van der Waals surface area contributed by atoms with Crippen molar-refractivity contribution in [3.63, 3.8) is 0 Å². The Hall–Kier alpha value is -0.0800. The van der Waals surface area contributed by atoms with Crippen LogP contribution in [0.3, 0.4) is 0 Å². The minimum Gasteiger partial charge on any atom is -0.327 e. The maximum absolute atomic E-state index is 6.01. The van der Waals surface area contributed by atoms with Crippen LogP contribution in [-0.4, -0.2) is 30.1 Å². The second-order valence-corrected chi connectivity index (χ2v) is 3.89. The van der Waals surface area contributed by atoms with E-state index in [2.05, 4.69) is 32.6 Å². The van der Waals surface area contributed by atoms with Crippen LogP contribution < -0.4 is 5.73 Å². The molecule has 0 aromatic heterocycles. The van der Waals surface area contributed by atoms with E-state index in [1.54, 1.807) is 0 Å². The molecule has 0 aliphatic heterocycles. The molecule has 2 N–H and O–H groups in total. The molecule has 2 nitrogen and oxygen atoms in total. The van der Waals surface area contributed by atoms with Crippen LogP contribution in [0.15, 0.2) is 0 Å². The van der Waals surface area contributed by atoms with Gasteiger partial charge in [0.25, 0.3) is 0 Å². The lowest BCUT2D eigenvalue weighted by Gasteiger charge is -2.29. The smallest absolute Gasteiger partial charge is 0.0167 e. The summed E-state index contributed by atoms with van der Waals surface area (Å²) in [5, 5.41) is 0. The van der Waals surface area contributed by atoms with Crippen molar-refractivity contribution < 1.29 is 0 Å². The minimum absolute atomic E-state index is 0.360. The van der Waals surface area contributed by atoms with Gasteiger partial charge in [0.15, 0.2) is 0 Å². The topological polar surface area (TPSA) is 29.3 Å². The van der Waals surface area contributed by atoms with E-state index in [4.69, 9.17) is 5.73 Å². The molecule has 0 fully saturated rings. The summed E-state index contributed by atoms with van der Waals surface area (Å²) in [7, 11) is 0. The van der Waals surface area contributed by atoms with E-state index >= 15 is 0 Å². The van der Waals surface area contributed by atoms with Crippen molar-refractivity contribution in [2.45, 2.75) is 59.0 Å². The number of nitrogens with zero attached hydrogens (tertiary/aromatic N) is 1. The highest BCUT2D eigenvalue weighted by molar-refractivity contribution is 4.71. The Morgan fingerprint density at radius 2 is 1.85 bits per heavy atom. The lowest BCUT2D eigenvalue weighted by atomic mass is 10.1. The third-order valence-electron chi connectivity index (χ3n) is 2.75. The Kier molecular flexibility index (Phi) is 7.29. The maximum atomic E-state index is 6.01. The van der Waals surface area contributed by atoms with Crippen LogP contribution in [0.2, 0.25) is 0 Å². The SMILES string of the molecule is CCCC(N)CN(CC)C(C)CC. The second kappa shape index (κ2) is 7.34. The second-order valence-electron chi connectivity index (χ2n) is 3.89. The molecule has 0 aromatic carbocycles. The largest absolute Gasteiger partial charge is 0.327 e. The molecular weight excluding hydrogens is 160 g/mol. The lowest BCUT2D eigenvalue weighted by molar-refractivity contribution is 0.199. The molecule has 2 unspecified atom stereocenters. The monoisotopic (exact) mass is 186 g/mol. The maximum Gasteiger partial charge on any atom is 0.0167 e. The average Bonchev–Trinajstić information content (AvgIpc) is 2.13.